The first-order valence-corrected chi connectivity index (χ1v) is 8.52. The number of ketones is 1. The van der Waals surface area contributed by atoms with E-state index < -0.39 is 11.7 Å². The number of furan rings is 1. The minimum Gasteiger partial charge on any atom is -0.461 e. The highest BCUT2D eigenvalue weighted by atomic mass is 16.3. The van der Waals surface area contributed by atoms with E-state index in [9.17, 15) is 9.59 Å². The summed E-state index contributed by atoms with van der Waals surface area (Å²) in [5.74, 6) is -0.647. The lowest BCUT2D eigenvalue weighted by atomic mass is 9.92. The second-order valence-electron chi connectivity index (χ2n) is 6.19. The summed E-state index contributed by atoms with van der Waals surface area (Å²) in [5, 5.41) is 2.79. The van der Waals surface area contributed by atoms with Crippen molar-refractivity contribution in [1.29, 1.82) is 0 Å². The number of hydrogen-bond acceptors (Lipinski definition) is 5. The Hall–Kier alpha value is -3.28. The Labute approximate surface area is 150 Å². The van der Waals surface area contributed by atoms with Crippen molar-refractivity contribution in [3.05, 3.63) is 71.9 Å². The highest BCUT2D eigenvalue weighted by molar-refractivity contribution is 6.42. The van der Waals surface area contributed by atoms with Crippen LogP contribution in [-0.4, -0.2) is 21.7 Å². The third-order valence-electron chi connectivity index (χ3n) is 4.47. The molecule has 1 atom stereocenters. The molecule has 2 heterocycles. The Bertz CT molecular complexity index is 936. The molecule has 1 aromatic carbocycles. The molecule has 0 saturated carbocycles. The van der Waals surface area contributed by atoms with Crippen LogP contribution < -0.4 is 5.32 Å². The van der Waals surface area contributed by atoms with Crippen molar-refractivity contribution >= 4 is 11.7 Å². The van der Waals surface area contributed by atoms with E-state index in [1.165, 1.54) is 12.3 Å². The number of carbonyl (C=O) groups excluding carboxylic acids is 2. The first-order chi connectivity index (χ1) is 12.7. The number of hydrogen-bond donors (Lipinski definition) is 1. The molecule has 1 amide bonds. The van der Waals surface area contributed by atoms with Crippen LogP contribution in [0, 0.1) is 0 Å². The van der Waals surface area contributed by atoms with Crippen LogP contribution in [0.5, 0.6) is 0 Å². The standard InChI is InChI=1S/C20H17N3O3/c24-18(17-10-5-11-26-17)20(25)23-16-9-4-8-15-14(16)12-21-19(22-15)13-6-2-1-3-7-13/h1-3,5-7,10-12,16H,4,8-9H2,(H,23,25)/t16-/m1/s1. The summed E-state index contributed by atoms with van der Waals surface area (Å²) in [5.41, 5.74) is 2.74. The Balaban J connectivity index is 1.56. The van der Waals surface area contributed by atoms with Crippen LogP contribution in [0.2, 0.25) is 0 Å². The Kier molecular flexibility index (Phi) is 4.31. The first kappa shape index (κ1) is 16.2. The van der Waals surface area contributed by atoms with Crippen molar-refractivity contribution in [2.24, 2.45) is 0 Å². The van der Waals surface area contributed by atoms with Crippen molar-refractivity contribution in [2.75, 3.05) is 0 Å². The van der Waals surface area contributed by atoms with Gasteiger partial charge in [-0.25, -0.2) is 9.97 Å². The second-order valence-corrected chi connectivity index (χ2v) is 6.19. The summed E-state index contributed by atoms with van der Waals surface area (Å²) >= 11 is 0. The van der Waals surface area contributed by atoms with Crippen LogP contribution in [0.1, 0.15) is 40.7 Å². The SMILES string of the molecule is O=C(N[C@@H]1CCCc2nc(-c3ccccc3)ncc21)C(=O)c1ccco1. The molecule has 0 fully saturated rings. The van der Waals surface area contributed by atoms with Crippen molar-refractivity contribution in [3.8, 4) is 11.4 Å². The monoisotopic (exact) mass is 347 g/mol. The maximum absolute atomic E-state index is 12.2. The lowest BCUT2D eigenvalue weighted by Crippen LogP contribution is -2.36. The van der Waals surface area contributed by atoms with Gasteiger partial charge >= 0.3 is 0 Å². The van der Waals surface area contributed by atoms with E-state index >= 15 is 0 Å². The smallest absolute Gasteiger partial charge is 0.296 e. The quantitative estimate of drug-likeness (QED) is 0.579. The van der Waals surface area contributed by atoms with Gasteiger partial charge in [0.25, 0.3) is 11.7 Å². The van der Waals surface area contributed by atoms with E-state index in [4.69, 9.17) is 4.42 Å². The number of aryl methyl sites for hydroxylation is 1. The number of nitrogens with one attached hydrogen (secondary N) is 1. The molecule has 1 aliphatic rings. The first-order valence-electron chi connectivity index (χ1n) is 8.52. The highest BCUT2D eigenvalue weighted by Gasteiger charge is 2.27. The average Bonchev–Trinajstić information content (AvgIpc) is 3.22. The fourth-order valence-electron chi connectivity index (χ4n) is 3.17. The summed E-state index contributed by atoms with van der Waals surface area (Å²) in [6, 6.07) is 12.6. The summed E-state index contributed by atoms with van der Waals surface area (Å²) in [6.45, 7) is 0. The number of carbonyl (C=O) groups is 2. The van der Waals surface area contributed by atoms with Gasteiger partial charge in [0.15, 0.2) is 11.6 Å². The molecule has 6 nitrogen and oxygen atoms in total. The zero-order chi connectivity index (χ0) is 17.9. The predicted octanol–water partition coefficient (Wildman–Crippen LogP) is 3.11. The number of fused-ring (bicyclic) bond motifs is 1. The van der Waals surface area contributed by atoms with Crippen LogP contribution in [0.25, 0.3) is 11.4 Å². The van der Waals surface area contributed by atoms with Gasteiger partial charge in [-0.15, -0.1) is 0 Å². The van der Waals surface area contributed by atoms with Gasteiger partial charge in [0.2, 0.25) is 0 Å². The lowest BCUT2D eigenvalue weighted by Gasteiger charge is -2.25. The molecular weight excluding hydrogens is 330 g/mol. The Morgan fingerprint density at radius 1 is 1.12 bits per heavy atom. The third-order valence-corrected chi connectivity index (χ3v) is 4.47. The van der Waals surface area contributed by atoms with Crippen LogP contribution >= 0.6 is 0 Å². The fourth-order valence-corrected chi connectivity index (χ4v) is 3.17. The molecular formula is C20H17N3O3. The van der Waals surface area contributed by atoms with Crippen LogP contribution in [0.4, 0.5) is 0 Å². The minimum atomic E-state index is -0.677. The van der Waals surface area contributed by atoms with E-state index in [0.717, 1.165) is 36.1 Å². The number of Topliss-reactive ketones (excluding diaryl/α,β-unsaturated/α-hetero) is 1. The van der Waals surface area contributed by atoms with Crippen LogP contribution in [0.15, 0.2) is 59.3 Å². The van der Waals surface area contributed by atoms with Crippen molar-refractivity contribution in [1.82, 2.24) is 15.3 Å². The number of aromatic nitrogens is 2. The van der Waals surface area contributed by atoms with Crippen molar-refractivity contribution < 1.29 is 14.0 Å². The molecule has 0 unspecified atom stereocenters. The van der Waals surface area contributed by atoms with Crippen LogP contribution in [-0.2, 0) is 11.2 Å². The van der Waals surface area contributed by atoms with E-state index in [1.54, 1.807) is 12.3 Å². The summed E-state index contributed by atoms with van der Waals surface area (Å²) in [6.07, 6.45) is 5.59. The van der Waals surface area contributed by atoms with E-state index in [2.05, 4.69) is 15.3 Å². The van der Waals surface area contributed by atoms with Crippen molar-refractivity contribution in [2.45, 2.75) is 25.3 Å². The molecule has 3 aromatic rings. The van der Waals surface area contributed by atoms with Crippen LogP contribution in [0.3, 0.4) is 0 Å². The largest absolute Gasteiger partial charge is 0.461 e. The average molecular weight is 347 g/mol. The minimum absolute atomic E-state index is 0.0363. The van der Waals surface area contributed by atoms with Gasteiger partial charge < -0.3 is 9.73 Å². The van der Waals surface area contributed by atoms with Gasteiger partial charge in [-0.2, -0.15) is 0 Å². The normalized spacial score (nSPS) is 15.9. The molecule has 1 N–H and O–H groups in total. The molecule has 0 saturated heterocycles. The Morgan fingerprint density at radius 3 is 2.73 bits per heavy atom. The van der Waals surface area contributed by atoms with E-state index in [0.29, 0.717) is 5.82 Å². The summed E-state index contributed by atoms with van der Waals surface area (Å²) < 4.78 is 5.00. The maximum Gasteiger partial charge on any atom is 0.296 e. The molecule has 0 bridgehead atoms. The van der Waals surface area contributed by atoms with Gasteiger partial charge in [-0.3, -0.25) is 9.59 Å². The van der Waals surface area contributed by atoms with E-state index in [1.807, 2.05) is 30.3 Å². The van der Waals surface area contributed by atoms with Crippen molar-refractivity contribution in [3.63, 3.8) is 0 Å². The highest BCUT2D eigenvalue weighted by Crippen LogP contribution is 2.29. The number of nitrogens with zero attached hydrogens (tertiary/aromatic N) is 2. The van der Waals surface area contributed by atoms with Gasteiger partial charge in [-0.1, -0.05) is 30.3 Å². The fraction of sp³-hybridized carbons (Fsp3) is 0.200. The topological polar surface area (TPSA) is 85.1 Å². The number of amides is 1. The predicted molar refractivity (Wildman–Crippen MR) is 94.3 cm³/mol. The molecule has 130 valence electrons. The maximum atomic E-state index is 12.2. The van der Waals surface area contributed by atoms with E-state index in [-0.39, 0.29) is 11.8 Å². The molecule has 0 spiro atoms. The Morgan fingerprint density at radius 2 is 1.96 bits per heavy atom. The number of benzene rings is 1. The molecule has 4 rings (SSSR count). The summed E-state index contributed by atoms with van der Waals surface area (Å²) in [7, 11) is 0. The second kappa shape index (κ2) is 6.92. The molecule has 1 aliphatic carbocycles. The van der Waals surface area contributed by atoms with Gasteiger partial charge in [0.05, 0.1) is 12.3 Å². The molecule has 6 heteroatoms. The van der Waals surface area contributed by atoms with Gasteiger partial charge in [0.1, 0.15) is 0 Å². The molecule has 26 heavy (non-hydrogen) atoms. The zero-order valence-electron chi connectivity index (χ0n) is 14.0. The molecule has 0 radical (unpaired) electrons. The lowest BCUT2D eigenvalue weighted by molar-refractivity contribution is -0.117. The third kappa shape index (κ3) is 3.13. The molecule has 0 aliphatic heterocycles. The zero-order valence-corrected chi connectivity index (χ0v) is 14.0. The summed E-state index contributed by atoms with van der Waals surface area (Å²) in [4.78, 5) is 33.5. The number of rotatable bonds is 4. The van der Waals surface area contributed by atoms with Gasteiger partial charge in [0, 0.05) is 23.0 Å². The van der Waals surface area contributed by atoms with Gasteiger partial charge in [-0.05, 0) is 31.4 Å². The molecule has 2 aromatic heterocycles.